The first-order valence-corrected chi connectivity index (χ1v) is 7.56. The Morgan fingerprint density at radius 1 is 1.42 bits per heavy atom. The summed E-state index contributed by atoms with van der Waals surface area (Å²) in [6, 6.07) is 4.21. The van der Waals surface area contributed by atoms with Crippen LogP contribution in [0, 0.1) is 5.92 Å². The number of methoxy groups -OCH3 is 1. The van der Waals surface area contributed by atoms with Gasteiger partial charge in [-0.25, -0.2) is 0 Å². The molecule has 1 aliphatic rings. The predicted molar refractivity (Wildman–Crippen MR) is 81.4 cm³/mol. The van der Waals surface area contributed by atoms with Crippen LogP contribution >= 0.6 is 11.6 Å². The zero-order valence-electron chi connectivity index (χ0n) is 12.1. The largest absolute Gasteiger partial charge is 0.496 e. The molecule has 0 amide bonds. The third-order valence-electron chi connectivity index (χ3n) is 3.93. The van der Waals surface area contributed by atoms with E-state index >= 15 is 0 Å². The van der Waals surface area contributed by atoms with Crippen LogP contribution in [-0.4, -0.2) is 20.2 Å². The highest BCUT2D eigenvalue weighted by Gasteiger charge is 2.18. The molecule has 106 valence electrons. The normalized spacial score (nSPS) is 19.7. The molecule has 1 aromatic rings. The maximum atomic E-state index is 6.40. The molecular formula is C16H24ClNO. The summed E-state index contributed by atoms with van der Waals surface area (Å²) in [5, 5.41) is 4.33. The van der Waals surface area contributed by atoms with Crippen molar-refractivity contribution in [3.05, 3.63) is 28.3 Å². The highest BCUT2D eigenvalue weighted by Crippen LogP contribution is 2.33. The van der Waals surface area contributed by atoms with Gasteiger partial charge in [-0.1, -0.05) is 25.4 Å². The fraction of sp³-hybridized carbons (Fsp3) is 0.625. The summed E-state index contributed by atoms with van der Waals surface area (Å²) in [5.41, 5.74) is 2.41. The number of rotatable bonds is 4. The maximum Gasteiger partial charge on any atom is 0.122 e. The number of halogens is 1. The number of hydrogen-bond donors (Lipinski definition) is 1. The monoisotopic (exact) mass is 281 g/mol. The number of piperidine rings is 1. The van der Waals surface area contributed by atoms with Crippen LogP contribution in [0.5, 0.6) is 5.75 Å². The van der Waals surface area contributed by atoms with Gasteiger partial charge in [0, 0.05) is 5.02 Å². The molecular weight excluding hydrogens is 258 g/mol. The van der Waals surface area contributed by atoms with Crippen molar-refractivity contribution in [2.45, 2.75) is 39.0 Å². The molecule has 0 bridgehead atoms. The Balaban J connectivity index is 2.21. The highest BCUT2D eigenvalue weighted by molar-refractivity contribution is 6.31. The summed E-state index contributed by atoms with van der Waals surface area (Å²) in [6.45, 7) is 6.57. The summed E-state index contributed by atoms with van der Waals surface area (Å²) >= 11 is 6.40. The van der Waals surface area contributed by atoms with Crippen LogP contribution in [0.2, 0.25) is 5.02 Å². The molecule has 1 heterocycles. The Hall–Kier alpha value is -0.730. The van der Waals surface area contributed by atoms with E-state index < -0.39 is 0 Å². The van der Waals surface area contributed by atoms with Crippen LogP contribution in [0.4, 0.5) is 0 Å². The summed E-state index contributed by atoms with van der Waals surface area (Å²) in [4.78, 5) is 0. The molecule has 1 fully saturated rings. The standard InChI is InChI=1S/C16H24ClNO/c1-11(2)14-9-16(19-3)13(8-15(14)17)7-12-5-4-6-18-10-12/h8-9,11-12,18H,4-7,10H2,1-3H3. The van der Waals surface area contributed by atoms with E-state index in [9.17, 15) is 0 Å². The van der Waals surface area contributed by atoms with E-state index in [1.54, 1.807) is 7.11 Å². The minimum atomic E-state index is 0.423. The first-order valence-electron chi connectivity index (χ1n) is 7.18. The first-order chi connectivity index (χ1) is 9.11. The van der Waals surface area contributed by atoms with Gasteiger partial charge < -0.3 is 10.1 Å². The van der Waals surface area contributed by atoms with Crippen LogP contribution in [0.15, 0.2) is 12.1 Å². The van der Waals surface area contributed by atoms with E-state index in [2.05, 4.69) is 31.3 Å². The minimum Gasteiger partial charge on any atom is -0.496 e. The molecule has 1 N–H and O–H groups in total. The van der Waals surface area contributed by atoms with Gasteiger partial charge in [0.2, 0.25) is 0 Å². The number of benzene rings is 1. The predicted octanol–water partition coefficient (Wildman–Crippen LogP) is 4.01. The van der Waals surface area contributed by atoms with Gasteiger partial charge in [-0.2, -0.15) is 0 Å². The molecule has 0 aliphatic carbocycles. The summed E-state index contributed by atoms with van der Waals surface area (Å²) < 4.78 is 5.55. The van der Waals surface area contributed by atoms with Gasteiger partial charge in [-0.15, -0.1) is 0 Å². The van der Waals surface area contributed by atoms with Crippen LogP contribution < -0.4 is 10.1 Å². The number of hydrogen-bond acceptors (Lipinski definition) is 2. The fourth-order valence-corrected chi connectivity index (χ4v) is 3.22. The lowest BCUT2D eigenvalue weighted by Gasteiger charge is -2.24. The summed E-state index contributed by atoms with van der Waals surface area (Å²) in [5.74, 6) is 2.11. The SMILES string of the molecule is COc1cc(C(C)C)c(Cl)cc1CC1CCCNC1. The minimum absolute atomic E-state index is 0.423. The summed E-state index contributed by atoms with van der Waals surface area (Å²) in [7, 11) is 1.75. The molecule has 0 saturated carbocycles. The van der Waals surface area contributed by atoms with Crippen LogP contribution in [-0.2, 0) is 6.42 Å². The average Bonchev–Trinajstić information content (AvgIpc) is 2.39. The molecule has 0 aromatic heterocycles. The highest BCUT2D eigenvalue weighted by atomic mass is 35.5. The average molecular weight is 282 g/mol. The van der Waals surface area contributed by atoms with Crippen molar-refractivity contribution in [1.82, 2.24) is 5.32 Å². The van der Waals surface area contributed by atoms with Crippen LogP contribution in [0.1, 0.15) is 43.7 Å². The molecule has 3 heteroatoms. The van der Waals surface area contributed by atoms with E-state index in [1.165, 1.54) is 24.0 Å². The lowest BCUT2D eigenvalue weighted by molar-refractivity contribution is 0.364. The Morgan fingerprint density at radius 2 is 2.21 bits per heavy atom. The smallest absolute Gasteiger partial charge is 0.122 e. The second-order valence-corrected chi connectivity index (χ2v) is 6.16. The van der Waals surface area contributed by atoms with E-state index in [0.717, 1.165) is 30.3 Å². The van der Waals surface area contributed by atoms with Gasteiger partial charge in [0.1, 0.15) is 5.75 Å². The van der Waals surface area contributed by atoms with Crippen molar-refractivity contribution in [3.63, 3.8) is 0 Å². The van der Waals surface area contributed by atoms with E-state index in [-0.39, 0.29) is 0 Å². The van der Waals surface area contributed by atoms with Crippen molar-refractivity contribution in [3.8, 4) is 5.75 Å². The Bertz CT molecular complexity index is 425. The molecule has 1 unspecified atom stereocenters. The van der Waals surface area contributed by atoms with Gasteiger partial charge in [0.15, 0.2) is 0 Å². The molecule has 1 saturated heterocycles. The fourth-order valence-electron chi connectivity index (χ4n) is 2.81. The van der Waals surface area contributed by atoms with Gasteiger partial charge in [0.25, 0.3) is 0 Å². The van der Waals surface area contributed by atoms with E-state index in [0.29, 0.717) is 11.8 Å². The van der Waals surface area contributed by atoms with Crippen molar-refractivity contribution in [2.24, 2.45) is 5.92 Å². The van der Waals surface area contributed by atoms with Gasteiger partial charge in [-0.3, -0.25) is 0 Å². The lowest BCUT2D eigenvalue weighted by Crippen LogP contribution is -2.30. The first kappa shape index (κ1) is 14.7. The molecule has 1 aromatic carbocycles. The molecule has 2 rings (SSSR count). The maximum absolute atomic E-state index is 6.40. The number of nitrogens with one attached hydrogen (secondary N) is 1. The van der Waals surface area contributed by atoms with E-state index in [4.69, 9.17) is 16.3 Å². The van der Waals surface area contributed by atoms with Gasteiger partial charge >= 0.3 is 0 Å². The Kier molecular flexibility index (Phi) is 5.12. The Labute approximate surface area is 121 Å². The number of ether oxygens (including phenoxy) is 1. The molecule has 1 atom stereocenters. The molecule has 2 nitrogen and oxygen atoms in total. The van der Waals surface area contributed by atoms with Crippen LogP contribution in [0.25, 0.3) is 0 Å². The molecule has 1 aliphatic heterocycles. The second kappa shape index (κ2) is 6.62. The Morgan fingerprint density at radius 3 is 2.79 bits per heavy atom. The molecule has 19 heavy (non-hydrogen) atoms. The van der Waals surface area contributed by atoms with Crippen molar-refractivity contribution < 1.29 is 4.74 Å². The van der Waals surface area contributed by atoms with Crippen LogP contribution in [0.3, 0.4) is 0 Å². The van der Waals surface area contributed by atoms with Crippen molar-refractivity contribution in [1.29, 1.82) is 0 Å². The molecule has 0 radical (unpaired) electrons. The molecule has 0 spiro atoms. The van der Waals surface area contributed by atoms with Gasteiger partial charge in [0.05, 0.1) is 7.11 Å². The lowest BCUT2D eigenvalue weighted by atomic mass is 9.90. The third-order valence-corrected chi connectivity index (χ3v) is 4.26. The van der Waals surface area contributed by atoms with Gasteiger partial charge in [-0.05, 0) is 67.4 Å². The zero-order valence-corrected chi connectivity index (χ0v) is 12.9. The van der Waals surface area contributed by atoms with Crippen molar-refractivity contribution in [2.75, 3.05) is 20.2 Å². The van der Waals surface area contributed by atoms with E-state index in [1.807, 2.05) is 0 Å². The second-order valence-electron chi connectivity index (χ2n) is 5.76. The van der Waals surface area contributed by atoms with Crippen molar-refractivity contribution >= 4 is 11.6 Å². The zero-order chi connectivity index (χ0) is 13.8. The summed E-state index contributed by atoms with van der Waals surface area (Å²) in [6.07, 6.45) is 3.61. The quantitative estimate of drug-likeness (QED) is 0.900. The topological polar surface area (TPSA) is 21.3 Å². The third kappa shape index (κ3) is 3.64.